The van der Waals surface area contributed by atoms with Crippen LogP contribution in [0.5, 0.6) is 0 Å². The van der Waals surface area contributed by atoms with Gasteiger partial charge in [-0.15, -0.1) is 0 Å². The molecular formula is C19H23N3O5. The minimum Gasteiger partial charge on any atom is -0.472 e. The van der Waals surface area contributed by atoms with E-state index in [1.165, 1.54) is 12.5 Å². The van der Waals surface area contributed by atoms with Gasteiger partial charge in [-0.25, -0.2) is 0 Å². The van der Waals surface area contributed by atoms with E-state index >= 15 is 0 Å². The average Bonchev–Trinajstić information content (AvgIpc) is 3.33. The third-order valence-corrected chi connectivity index (χ3v) is 4.61. The van der Waals surface area contributed by atoms with Crippen LogP contribution in [0.2, 0.25) is 0 Å². The highest BCUT2D eigenvalue weighted by Gasteiger charge is 2.28. The Morgan fingerprint density at radius 1 is 1.15 bits per heavy atom. The number of hydrogen-bond acceptors (Lipinski definition) is 5. The predicted molar refractivity (Wildman–Crippen MR) is 96.1 cm³/mol. The molecule has 0 saturated carbocycles. The summed E-state index contributed by atoms with van der Waals surface area (Å²) in [5.74, 6) is 0.251. The molecule has 1 aliphatic heterocycles. The van der Waals surface area contributed by atoms with Gasteiger partial charge in [-0.2, -0.15) is 0 Å². The van der Waals surface area contributed by atoms with Crippen LogP contribution in [0.15, 0.2) is 39.6 Å². The van der Waals surface area contributed by atoms with E-state index in [9.17, 15) is 14.4 Å². The number of furan rings is 2. The van der Waals surface area contributed by atoms with E-state index in [0.717, 1.165) is 0 Å². The number of nitrogens with zero attached hydrogens (tertiary/aromatic N) is 1. The van der Waals surface area contributed by atoms with Crippen molar-refractivity contribution in [1.82, 2.24) is 15.5 Å². The lowest BCUT2D eigenvalue weighted by molar-refractivity contribution is -0.133. The Balaban J connectivity index is 1.46. The summed E-state index contributed by atoms with van der Waals surface area (Å²) in [6, 6.07) is 4.29. The quantitative estimate of drug-likeness (QED) is 0.830. The van der Waals surface area contributed by atoms with Crippen LogP contribution in [-0.2, 0) is 4.79 Å². The summed E-state index contributed by atoms with van der Waals surface area (Å²) in [7, 11) is 0. The number of carbonyl (C=O) groups is 3. The minimum absolute atomic E-state index is 0.0113. The topological polar surface area (TPSA) is 105 Å². The van der Waals surface area contributed by atoms with E-state index in [1.54, 1.807) is 36.9 Å². The Bertz CT molecular complexity index is 803. The summed E-state index contributed by atoms with van der Waals surface area (Å²) in [4.78, 5) is 38.4. The largest absolute Gasteiger partial charge is 0.472 e. The van der Waals surface area contributed by atoms with Gasteiger partial charge in [0, 0.05) is 19.1 Å². The number of amides is 3. The predicted octanol–water partition coefficient (Wildman–Crippen LogP) is 1.72. The van der Waals surface area contributed by atoms with Crippen molar-refractivity contribution < 1.29 is 23.2 Å². The van der Waals surface area contributed by atoms with Crippen molar-refractivity contribution in [2.75, 3.05) is 13.1 Å². The van der Waals surface area contributed by atoms with Gasteiger partial charge in [0.25, 0.3) is 11.8 Å². The van der Waals surface area contributed by atoms with Gasteiger partial charge in [0.05, 0.1) is 11.8 Å². The molecule has 27 heavy (non-hydrogen) atoms. The smallest absolute Gasteiger partial charge is 0.287 e. The van der Waals surface area contributed by atoms with Gasteiger partial charge in [0.1, 0.15) is 18.1 Å². The molecular weight excluding hydrogens is 350 g/mol. The lowest BCUT2D eigenvalue weighted by Gasteiger charge is -2.33. The number of nitrogens with one attached hydrogen (secondary N) is 2. The maximum atomic E-state index is 12.5. The number of hydrogen-bond donors (Lipinski definition) is 2. The highest BCUT2D eigenvalue weighted by molar-refractivity contribution is 5.97. The monoisotopic (exact) mass is 373 g/mol. The molecule has 1 atom stereocenters. The van der Waals surface area contributed by atoms with Crippen molar-refractivity contribution in [3.05, 3.63) is 47.8 Å². The Labute approximate surface area is 156 Å². The first-order chi connectivity index (χ1) is 12.9. The molecule has 0 bridgehead atoms. The van der Waals surface area contributed by atoms with Gasteiger partial charge in [0.15, 0.2) is 5.76 Å². The zero-order chi connectivity index (χ0) is 19.4. The number of likely N-dealkylation sites (tertiary alicyclic amines) is 1. The third-order valence-electron chi connectivity index (χ3n) is 4.61. The molecule has 8 heteroatoms. The van der Waals surface area contributed by atoms with Crippen LogP contribution < -0.4 is 10.6 Å². The van der Waals surface area contributed by atoms with Crippen molar-refractivity contribution in [2.45, 2.75) is 38.8 Å². The molecule has 144 valence electrons. The third kappa shape index (κ3) is 4.58. The Morgan fingerprint density at radius 2 is 1.89 bits per heavy atom. The summed E-state index contributed by atoms with van der Waals surface area (Å²) < 4.78 is 10.2. The van der Waals surface area contributed by atoms with E-state index in [-0.39, 0.29) is 23.8 Å². The molecule has 2 aromatic heterocycles. The van der Waals surface area contributed by atoms with Crippen molar-refractivity contribution in [2.24, 2.45) is 0 Å². The molecule has 2 N–H and O–H groups in total. The standard InChI is InChI=1S/C19H23N3O5/c1-12-3-4-16(27-12)18(24)21-15-5-8-22(9-6-15)19(25)13(2)20-17(23)14-7-10-26-11-14/h3-4,7,10-11,13,15H,5-6,8-9H2,1-2H3,(H,20,23)(H,21,24). The van der Waals surface area contributed by atoms with Crippen molar-refractivity contribution >= 4 is 17.7 Å². The van der Waals surface area contributed by atoms with Gasteiger partial charge >= 0.3 is 0 Å². The number of piperidine rings is 1. The Kier molecular flexibility index (Phi) is 5.63. The Hall–Kier alpha value is -3.03. The molecule has 3 rings (SSSR count). The van der Waals surface area contributed by atoms with Gasteiger partial charge < -0.3 is 24.4 Å². The molecule has 0 radical (unpaired) electrons. The fourth-order valence-electron chi connectivity index (χ4n) is 3.07. The van der Waals surface area contributed by atoms with E-state index in [0.29, 0.717) is 43.0 Å². The lowest BCUT2D eigenvalue weighted by Crippen LogP contribution is -2.52. The lowest BCUT2D eigenvalue weighted by atomic mass is 10.0. The highest BCUT2D eigenvalue weighted by Crippen LogP contribution is 2.14. The van der Waals surface area contributed by atoms with E-state index in [1.807, 2.05) is 0 Å². The van der Waals surface area contributed by atoms with Crippen LogP contribution in [0.1, 0.15) is 46.4 Å². The SMILES string of the molecule is Cc1ccc(C(=O)NC2CCN(C(=O)C(C)NC(=O)c3ccoc3)CC2)o1. The Morgan fingerprint density at radius 3 is 2.48 bits per heavy atom. The minimum atomic E-state index is -0.635. The van der Waals surface area contributed by atoms with Crippen LogP contribution >= 0.6 is 0 Å². The van der Waals surface area contributed by atoms with Crippen molar-refractivity contribution in [3.8, 4) is 0 Å². The zero-order valence-corrected chi connectivity index (χ0v) is 15.4. The van der Waals surface area contributed by atoms with Crippen LogP contribution in [0.25, 0.3) is 0 Å². The zero-order valence-electron chi connectivity index (χ0n) is 15.4. The molecule has 1 saturated heterocycles. The van der Waals surface area contributed by atoms with Crippen LogP contribution in [-0.4, -0.2) is 47.8 Å². The first-order valence-corrected chi connectivity index (χ1v) is 8.93. The van der Waals surface area contributed by atoms with Crippen molar-refractivity contribution in [1.29, 1.82) is 0 Å². The molecule has 3 heterocycles. The van der Waals surface area contributed by atoms with Crippen LogP contribution in [0.3, 0.4) is 0 Å². The normalized spacial score (nSPS) is 16.0. The molecule has 2 aromatic rings. The van der Waals surface area contributed by atoms with Crippen LogP contribution in [0, 0.1) is 6.92 Å². The summed E-state index contributed by atoms with van der Waals surface area (Å²) in [5, 5.41) is 5.61. The second kappa shape index (κ2) is 8.11. The molecule has 1 aliphatic rings. The number of rotatable bonds is 5. The van der Waals surface area contributed by atoms with Gasteiger partial charge in [-0.1, -0.05) is 0 Å². The number of aryl methyl sites for hydroxylation is 1. The summed E-state index contributed by atoms with van der Waals surface area (Å²) >= 11 is 0. The maximum absolute atomic E-state index is 12.5. The fraction of sp³-hybridized carbons (Fsp3) is 0.421. The van der Waals surface area contributed by atoms with E-state index < -0.39 is 6.04 Å². The van der Waals surface area contributed by atoms with Crippen molar-refractivity contribution in [3.63, 3.8) is 0 Å². The van der Waals surface area contributed by atoms with Crippen LogP contribution in [0.4, 0.5) is 0 Å². The summed E-state index contributed by atoms with van der Waals surface area (Å²) in [6.45, 7) is 4.49. The molecule has 3 amide bonds. The molecule has 0 aliphatic carbocycles. The molecule has 0 aromatic carbocycles. The number of carbonyl (C=O) groups excluding carboxylic acids is 3. The van der Waals surface area contributed by atoms with Gasteiger partial charge in [0.2, 0.25) is 5.91 Å². The van der Waals surface area contributed by atoms with E-state index in [4.69, 9.17) is 8.83 Å². The molecule has 0 spiro atoms. The summed E-state index contributed by atoms with van der Waals surface area (Å²) in [6.07, 6.45) is 4.05. The second-order valence-electron chi connectivity index (χ2n) is 6.69. The average molecular weight is 373 g/mol. The summed E-state index contributed by atoms with van der Waals surface area (Å²) in [5.41, 5.74) is 0.379. The first kappa shape index (κ1) is 18.8. The van der Waals surface area contributed by atoms with E-state index in [2.05, 4.69) is 10.6 Å². The maximum Gasteiger partial charge on any atom is 0.287 e. The second-order valence-corrected chi connectivity index (χ2v) is 6.69. The first-order valence-electron chi connectivity index (χ1n) is 8.93. The fourth-order valence-corrected chi connectivity index (χ4v) is 3.07. The molecule has 8 nitrogen and oxygen atoms in total. The van der Waals surface area contributed by atoms with Gasteiger partial charge in [-0.3, -0.25) is 14.4 Å². The molecule has 1 unspecified atom stereocenters. The molecule has 1 fully saturated rings. The van der Waals surface area contributed by atoms with Gasteiger partial charge in [-0.05, 0) is 44.9 Å². The highest BCUT2D eigenvalue weighted by atomic mass is 16.3.